The fourth-order valence-electron chi connectivity index (χ4n) is 2.07. The summed E-state index contributed by atoms with van der Waals surface area (Å²) in [5.74, 6) is 1.56. The van der Waals surface area contributed by atoms with Crippen LogP contribution < -0.4 is 11.3 Å². The van der Waals surface area contributed by atoms with Crippen molar-refractivity contribution in [3.05, 3.63) is 57.5 Å². The average molecular weight is 300 g/mol. The van der Waals surface area contributed by atoms with Crippen LogP contribution in [0, 0.1) is 17.5 Å². The van der Waals surface area contributed by atoms with Crippen molar-refractivity contribution < 1.29 is 13.2 Å². The van der Waals surface area contributed by atoms with Gasteiger partial charge in [-0.05, 0) is 36.8 Å². The summed E-state index contributed by atoms with van der Waals surface area (Å²) in [4.78, 5) is 1.23. The minimum Gasteiger partial charge on any atom is -0.271 e. The number of thiophene rings is 1. The van der Waals surface area contributed by atoms with Crippen molar-refractivity contribution in [3.63, 3.8) is 0 Å². The molecule has 2 nitrogen and oxygen atoms in total. The number of nitrogens with two attached hydrogens (primary N) is 1. The molecule has 1 atom stereocenters. The summed E-state index contributed by atoms with van der Waals surface area (Å²) < 4.78 is 39.8. The maximum absolute atomic E-state index is 13.7. The van der Waals surface area contributed by atoms with Crippen LogP contribution in [-0.2, 0) is 6.42 Å². The molecule has 1 heterocycles. The van der Waals surface area contributed by atoms with Crippen LogP contribution in [0.4, 0.5) is 13.2 Å². The maximum atomic E-state index is 13.7. The molecule has 0 bridgehead atoms. The Morgan fingerprint density at radius 1 is 1.15 bits per heavy atom. The van der Waals surface area contributed by atoms with E-state index in [-0.39, 0.29) is 5.56 Å². The second-order valence-corrected chi connectivity index (χ2v) is 5.49. The highest BCUT2D eigenvalue weighted by atomic mass is 32.1. The molecule has 20 heavy (non-hydrogen) atoms. The predicted molar refractivity (Wildman–Crippen MR) is 73.6 cm³/mol. The van der Waals surface area contributed by atoms with Crippen LogP contribution in [0.3, 0.4) is 0 Å². The minimum atomic E-state index is -1.46. The van der Waals surface area contributed by atoms with Gasteiger partial charge in [-0.15, -0.1) is 11.3 Å². The van der Waals surface area contributed by atoms with Crippen LogP contribution in [0.1, 0.15) is 29.3 Å². The van der Waals surface area contributed by atoms with Gasteiger partial charge in [0.1, 0.15) is 0 Å². The number of aryl methyl sites for hydroxylation is 1. The van der Waals surface area contributed by atoms with Gasteiger partial charge in [0.25, 0.3) is 0 Å². The fourth-order valence-corrected chi connectivity index (χ4v) is 2.83. The first-order valence-corrected chi connectivity index (χ1v) is 7.13. The van der Waals surface area contributed by atoms with E-state index >= 15 is 0 Å². The van der Waals surface area contributed by atoms with Crippen LogP contribution in [0.25, 0.3) is 0 Å². The highest BCUT2D eigenvalue weighted by Crippen LogP contribution is 2.25. The molecule has 0 amide bonds. The number of hydrogen-bond donors (Lipinski definition) is 2. The number of benzene rings is 1. The number of rotatable bonds is 6. The number of nitrogens with one attached hydrogen (secondary N) is 1. The molecule has 0 aliphatic rings. The minimum absolute atomic E-state index is 0.0533. The number of halogens is 3. The number of hydrogen-bond acceptors (Lipinski definition) is 3. The van der Waals surface area contributed by atoms with Gasteiger partial charge >= 0.3 is 0 Å². The molecule has 0 radical (unpaired) electrons. The van der Waals surface area contributed by atoms with Crippen LogP contribution in [-0.4, -0.2) is 0 Å². The molecule has 108 valence electrons. The topological polar surface area (TPSA) is 38.0 Å². The summed E-state index contributed by atoms with van der Waals surface area (Å²) in [7, 11) is 0. The van der Waals surface area contributed by atoms with Gasteiger partial charge in [-0.2, -0.15) is 0 Å². The second-order valence-electron chi connectivity index (χ2n) is 4.46. The van der Waals surface area contributed by atoms with Gasteiger partial charge in [-0.1, -0.05) is 12.1 Å². The molecule has 0 spiro atoms. The van der Waals surface area contributed by atoms with Crippen LogP contribution in [0.15, 0.2) is 29.6 Å². The molecule has 0 aliphatic carbocycles. The summed E-state index contributed by atoms with van der Waals surface area (Å²) in [6.07, 6.45) is 2.16. The van der Waals surface area contributed by atoms with Crippen LogP contribution in [0.5, 0.6) is 0 Å². The van der Waals surface area contributed by atoms with E-state index in [1.165, 1.54) is 10.9 Å². The Hall–Kier alpha value is -1.37. The normalized spacial score (nSPS) is 12.6. The standard InChI is InChI=1S/C14H15F3N2S/c15-11-7-6-10(13(16)14(11)17)12(19-18)5-1-3-9-4-2-8-20-9/h2,4,6-8,12,19H,1,3,5,18H2. The third-order valence-corrected chi connectivity index (χ3v) is 4.07. The van der Waals surface area contributed by atoms with E-state index in [0.29, 0.717) is 6.42 Å². The zero-order valence-electron chi connectivity index (χ0n) is 10.7. The molecule has 0 aliphatic heterocycles. The van der Waals surface area contributed by atoms with Gasteiger partial charge in [0, 0.05) is 16.5 Å². The Morgan fingerprint density at radius 3 is 2.60 bits per heavy atom. The Bertz CT molecular complexity index is 558. The summed E-state index contributed by atoms with van der Waals surface area (Å²) in [5.41, 5.74) is 2.51. The van der Waals surface area contributed by atoms with E-state index in [1.807, 2.05) is 17.5 Å². The molecule has 3 N–H and O–H groups in total. The molecule has 0 saturated carbocycles. The molecular weight excluding hydrogens is 285 g/mol. The first kappa shape index (κ1) is 15.0. The molecule has 1 aromatic heterocycles. The molecule has 0 saturated heterocycles. The van der Waals surface area contributed by atoms with Crippen molar-refractivity contribution in [1.29, 1.82) is 0 Å². The van der Waals surface area contributed by atoms with Crippen molar-refractivity contribution in [2.24, 2.45) is 5.84 Å². The van der Waals surface area contributed by atoms with E-state index in [1.54, 1.807) is 11.3 Å². The SMILES string of the molecule is NNC(CCCc1cccs1)c1ccc(F)c(F)c1F. The highest BCUT2D eigenvalue weighted by molar-refractivity contribution is 7.09. The van der Waals surface area contributed by atoms with Crippen molar-refractivity contribution in [2.75, 3.05) is 0 Å². The lowest BCUT2D eigenvalue weighted by Gasteiger charge is -2.17. The third-order valence-electron chi connectivity index (χ3n) is 3.14. The van der Waals surface area contributed by atoms with E-state index in [2.05, 4.69) is 5.43 Å². The van der Waals surface area contributed by atoms with E-state index in [9.17, 15) is 13.2 Å². The second kappa shape index (κ2) is 6.88. The Balaban J connectivity index is 2.03. The Morgan fingerprint density at radius 2 is 1.95 bits per heavy atom. The number of hydrazine groups is 1. The van der Waals surface area contributed by atoms with Crippen LogP contribution in [0.2, 0.25) is 0 Å². The van der Waals surface area contributed by atoms with Crippen molar-refractivity contribution in [2.45, 2.75) is 25.3 Å². The van der Waals surface area contributed by atoms with Gasteiger partial charge in [-0.3, -0.25) is 11.3 Å². The molecular formula is C14H15F3N2S. The Kier molecular flexibility index (Phi) is 5.17. The zero-order chi connectivity index (χ0) is 14.5. The van der Waals surface area contributed by atoms with Crippen LogP contribution >= 0.6 is 11.3 Å². The molecule has 6 heteroatoms. The largest absolute Gasteiger partial charge is 0.271 e. The summed E-state index contributed by atoms with van der Waals surface area (Å²) >= 11 is 1.65. The van der Waals surface area contributed by atoms with Gasteiger partial charge < -0.3 is 0 Å². The highest BCUT2D eigenvalue weighted by Gasteiger charge is 2.19. The lowest BCUT2D eigenvalue weighted by atomic mass is 10.0. The lowest BCUT2D eigenvalue weighted by molar-refractivity contribution is 0.416. The fraction of sp³-hybridized carbons (Fsp3) is 0.286. The lowest BCUT2D eigenvalue weighted by Crippen LogP contribution is -2.29. The summed E-state index contributed by atoms with van der Waals surface area (Å²) in [6, 6.07) is 5.59. The van der Waals surface area contributed by atoms with E-state index in [4.69, 9.17) is 5.84 Å². The van der Waals surface area contributed by atoms with E-state index < -0.39 is 23.5 Å². The van der Waals surface area contributed by atoms with Crippen molar-refractivity contribution >= 4 is 11.3 Å². The average Bonchev–Trinajstić information content (AvgIpc) is 2.95. The third kappa shape index (κ3) is 3.39. The van der Waals surface area contributed by atoms with Gasteiger partial charge in [0.2, 0.25) is 0 Å². The molecule has 2 rings (SSSR count). The first-order valence-electron chi connectivity index (χ1n) is 6.25. The summed E-state index contributed by atoms with van der Waals surface area (Å²) in [5, 5.41) is 1.99. The smallest absolute Gasteiger partial charge is 0.194 e. The molecule has 2 aromatic rings. The van der Waals surface area contributed by atoms with Crippen molar-refractivity contribution in [3.8, 4) is 0 Å². The quantitative estimate of drug-likeness (QED) is 0.485. The molecule has 1 unspecified atom stereocenters. The van der Waals surface area contributed by atoms with Gasteiger partial charge in [0.15, 0.2) is 17.5 Å². The molecule has 0 fully saturated rings. The first-order chi connectivity index (χ1) is 9.63. The predicted octanol–water partition coefficient (Wildman–Crippen LogP) is 3.69. The monoisotopic (exact) mass is 300 g/mol. The van der Waals surface area contributed by atoms with E-state index in [0.717, 1.165) is 18.9 Å². The molecule has 1 aromatic carbocycles. The maximum Gasteiger partial charge on any atom is 0.194 e. The van der Waals surface area contributed by atoms with Crippen molar-refractivity contribution in [1.82, 2.24) is 5.43 Å². The van der Waals surface area contributed by atoms with Gasteiger partial charge in [0.05, 0.1) is 0 Å². The summed E-state index contributed by atoms with van der Waals surface area (Å²) in [6.45, 7) is 0. The Labute approximate surface area is 119 Å². The zero-order valence-corrected chi connectivity index (χ0v) is 11.5. The van der Waals surface area contributed by atoms with Gasteiger partial charge in [-0.25, -0.2) is 13.2 Å².